The van der Waals surface area contributed by atoms with Crippen molar-refractivity contribution >= 4 is 16.9 Å². The molecule has 0 bridgehead atoms. The summed E-state index contributed by atoms with van der Waals surface area (Å²) < 4.78 is 7.45. The van der Waals surface area contributed by atoms with Crippen molar-refractivity contribution in [3.63, 3.8) is 0 Å². The fraction of sp³-hybridized carbons (Fsp3) is 0.600. The van der Waals surface area contributed by atoms with E-state index in [0.29, 0.717) is 5.65 Å². The molecule has 2 aromatic rings. The first-order chi connectivity index (χ1) is 11.0. The lowest BCUT2D eigenvalue weighted by atomic mass is 9.96. The van der Waals surface area contributed by atoms with Crippen LogP contribution in [0.2, 0.25) is 0 Å². The molecule has 1 saturated heterocycles. The minimum Gasteiger partial charge on any atom is -0.394 e. The number of rotatable bonds is 2. The molecule has 0 aliphatic carbocycles. The first-order valence-corrected chi connectivity index (χ1v) is 7.79. The molecule has 0 saturated carbocycles. The van der Waals surface area contributed by atoms with Gasteiger partial charge in [0.25, 0.3) is 0 Å². The zero-order chi connectivity index (χ0) is 16.2. The Labute approximate surface area is 132 Å². The molecule has 0 spiro atoms. The molecule has 1 fully saturated rings. The summed E-state index contributed by atoms with van der Waals surface area (Å²) in [4.78, 5) is 8.64. The number of aliphatic hydroxyl groups is 3. The van der Waals surface area contributed by atoms with Crippen LogP contribution in [0.1, 0.15) is 25.1 Å². The van der Waals surface area contributed by atoms with Gasteiger partial charge in [0.1, 0.15) is 35.6 Å². The average Bonchev–Trinajstić information content (AvgIpc) is 2.90. The Hall–Kier alpha value is -1.74. The van der Waals surface area contributed by atoms with Crippen LogP contribution in [0.4, 0.5) is 5.82 Å². The number of aryl methyl sites for hydroxylation is 1. The Morgan fingerprint density at radius 2 is 2.30 bits per heavy atom. The first-order valence-electron chi connectivity index (χ1n) is 7.79. The van der Waals surface area contributed by atoms with E-state index in [9.17, 15) is 15.3 Å². The smallest absolute Gasteiger partial charge is 0.167 e. The summed E-state index contributed by atoms with van der Waals surface area (Å²) in [6.07, 6.45) is 2.39. The van der Waals surface area contributed by atoms with E-state index in [4.69, 9.17) is 4.74 Å². The van der Waals surface area contributed by atoms with Crippen LogP contribution in [0.25, 0.3) is 11.0 Å². The third-order valence-corrected chi connectivity index (χ3v) is 4.79. The second kappa shape index (κ2) is 5.13. The number of hydrogen-bond donors (Lipinski definition) is 4. The van der Waals surface area contributed by atoms with E-state index in [1.807, 2.05) is 6.20 Å². The second-order valence-electron chi connectivity index (χ2n) is 6.39. The average molecular weight is 320 g/mol. The fourth-order valence-electron chi connectivity index (χ4n) is 3.54. The van der Waals surface area contributed by atoms with Gasteiger partial charge in [-0.3, -0.25) is 0 Å². The first kappa shape index (κ1) is 14.8. The molecule has 124 valence electrons. The van der Waals surface area contributed by atoms with Crippen LogP contribution in [0, 0.1) is 0 Å². The van der Waals surface area contributed by atoms with E-state index in [0.717, 1.165) is 36.2 Å². The standard InChI is InChI=1S/C15H20N4O4/c1-15(22)11(21)9(6-20)23-14(15)19-5-8-3-2-4-16-12-10(8)13(19)18-7-17-12/h5,7,9,11,14,20-22H,2-4,6H2,1H3,(H,16,17,18)/t9-,11-,14-,15+/m1/s1. The number of anilines is 1. The Morgan fingerprint density at radius 3 is 3.04 bits per heavy atom. The van der Waals surface area contributed by atoms with Gasteiger partial charge < -0.3 is 29.9 Å². The van der Waals surface area contributed by atoms with E-state index >= 15 is 0 Å². The lowest BCUT2D eigenvalue weighted by Gasteiger charge is -2.27. The van der Waals surface area contributed by atoms with Crippen molar-refractivity contribution in [2.24, 2.45) is 0 Å². The van der Waals surface area contributed by atoms with E-state index in [1.54, 1.807) is 4.57 Å². The van der Waals surface area contributed by atoms with Crippen LogP contribution in [0.15, 0.2) is 12.5 Å². The Morgan fingerprint density at radius 1 is 1.48 bits per heavy atom. The minimum atomic E-state index is -1.53. The van der Waals surface area contributed by atoms with E-state index < -0.39 is 24.0 Å². The van der Waals surface area contributed by atoms with E-state index in [-0.39, 0.29) is 6.61 Å². The molecule has 4 N–H and O–H groups in total. The number of hydrogen-bond acceptors (Lipinski definition) is 7. The van der Waals surface area contributed by atoms with Crippen LogP contribution in [-0.4, -0.2) is 60.8 Å². The summed E-state index contributed by atoms with van der Waals surface area (Å²) in [7, 11) is 0. The summed E-state index contributed by atoms with van der Waals surface area (Å²) in [5.41, 5.74) is 0.205. The van der Waals surface area contributed by atoms with Gasteiger partial charge in [0.15, 0.2) is 6.23 Å². The highest BCUT2D eigenvalue weighted by Crippen LogP contribution is 2.41. The highest BCUT2D eigenvalue weighted by atomic mass is 16.6. The van der Waals surface area contributed by atoms with Crippen LogP contribution in [0.3, 0.4) is 0 Å². The van der Waals surface area contributed by atoms with Crippen molar-refractivity contribution < 1.29 is 20.1 Å². The molecule has 0 radical (unpaired) electrons. The zero-order valence-corrected chi connectivity index (χ0v) is 12.8. The molecule has 8 heteroatoms. The maximum atomic E-state index is 10.7. The summed E-state index contributed by atoms with van der Waals surface area (Å²) in [5.74, 6) is 0.776. The molecule has 23 heavy (non-hydrogen) atoms. The molecule has 4 atom stereocenters. The highest BCUT2D eigenvalue weighted by Gasteiger charge is 2.53. The predicted octanol–water partition coefficient (Wildman–Crippen LogP) is -0.209. The van der Waals surface area contributed by atoms with Crippen LogP contribution >= 0.6 is 0 Å². The SMILES string of the molecule is C[C@]1(O)[C@H](O)[C@@H](CO)O[C@H]1n1cc2c3c(ncnc31)NCCC2. The van der Waals surface area contributed by atoms with Crippen LogP contribution in [-0.2, 0) is 11.2 Å². The van der Waals surface area contributed by atoms with Gasteiger partial charge in [-0.05, 0) is 25.3 Å². The number of ether oxygens (including phenoxy) is 1. The molecule has 2 aliphatic heterocycles. The molecular formula is C15H20N4O4. The topological polar surface area (TPSA) is 113 Å². The number of nitrogens with one attached hydrogen (secondary N) is 1. The maximum Gasteiger partial charge on any atom is 0.167 e. The van der Waals surface area contributed by atoms with Gasteiger partial charge in [0.2, 0.25) is 0 Å². The number of aromatic nitrogens is 3. The molecule has 4 rings (SSSR count). The predicted molar refractivity (Wildman–Crippen MR) is 82.0 cm³/mol. The summed E-state index contributed by atoms with van der Waals surface area (Å²) in [6.45, 7) is 2.00. The molecule has 2 aromatic heterocycles. The number of nitrogens with zero attached hydrogens (tertiary/aromatic N) is 3. The lowest BCUT2D eigenvalue weighted by Crippen LogP contribution is -2.44. The van der Waals surface area contributed by atoms with Gasteiger partial charge in [-0.25, -0.2) is 9.97 Å². The fourth-order valence-corrected chi connectivity index (χ4v) is 3.54. The maximum absolute atomic E-state index is 10.7. The lowest BCUT2D eigenvalue weighted by molar-refractivity contribution is -0.0948. The van der Waals surface area contributed by atoms with Crippen molar-refractivity contribution in [3.8, 4) is 0 Å². The highest BCUT2D eigenvalue weighted by molar-refractivity contribution is 5.91. The van der Waals surface area contributed by atoms with Gasteiger partial charge in [0, 0.05) is 12.7 Å². The number of aliphatic hydroxyl groups excluding tert-OH is 2. The molecule has 2 aliphatic rings. The molecule has 8 nitrogen and oxygen atoms in total. The molecular weight excluding hydrogens is 300 g/mol. The third kappa shape index (κ3) is 2.06. The van der Waals surface area contributed by atoms with Gasteiger partial charge in [-0.15, -0.1) is 0 Å². The van der Waals surface area contributed by atoms with Crippen molar-refractivity contribution in [1.82, 2.24) is 14.5 Å². The van der Waals surface area contributed by atoms with Gasteiger partial charge in [0.05, 0.1) is 12.0 Å². The monoisotopic (exact) mass is 320 g/mol. The van der Waals surface area contributed by atoms with Crippen molar-refractivity contribution in [2.75, 3.05) is 18.5 Å². The summed E-state index contributed by atoms with van der Waals surface area (Å²) in [6, 6.07) is 0. The minimum absolute atomic E-state index is 0.359. The van der Waals surface area contributed by atoms with Gasteiger partial charge in [-0.2, -0.15) is 0 Å². The zero-order valence-electron chi connectivity index (χ0n) is 12.8. The summed E-state index contributed by atoms with van der Waals surface area (Å²) >= 11 is 0. The van der Waals surface area contributed by atoms with Crippen molar-refractivity contribution in [1.29, 1.82) is 0 Å². The molecule has 4 heterocycles. The Bertz CT molecular complexity index is 744. The molecule has 0 unspecified atom stereocenters. The van der Waals surface area contributed by atoms with Crippen LogP contribution in [0.5, 0.6) is 0 Å². The summed E-state index contributed by atoms with van der Waals surface area (Å²) in [5, 5.41) is 34.5. The van der Waals surface area contributed by atoms with Crippen LogP contribution < -0.4 is 5.32 Å². The van der Waals surface area contributed by atoms with E-state index in [2.05, 4.69) is 15.3 Å². The van der Waals surface area contributed by atoms with Gasteiger partial charge in [-0.1, -0.05) is 0 Å². The normalized spacial score (nSPS) is 33.7. The third-order valence-electron chi connectivity index (χ3n) is 4.79. The largest absolute Gasteiger partial charge is 0.394 e. The Kier molecular flexibility index (Phi) is 3.31. The Balaban J connectivity index is 1.87. The molecule has 0 aromatic carbocycles. The molecule has 0 amide bonds. The van der Waals surface area contributed by atoms with E-state index in [1.165, 1.54) is 13.3 Å². The van der Waals surface area contributed by atoms with Gasteiger partial charge >= 0.3 is 0 Å². The second-order valence-corrected chi connectivity index (χ2v) is 6.39. The van der Waals surface area contributed by atoms with Crippen molar-refractivity contribution in [2.45, 2.75) is 43.8 Å². The quantitative estimate of drug-likeness (QED) is 0.605. The van der Waals surface area contributed by atoms with Crippen molar-refractivity contribution in [3.05, 3.63) is 18.1 Å².